The molecule has 9 heteroatoms. The van der Waals surface area contributed by atoms with Crippen molar-refractivity contribution in [2.75, 3.05) is 25.5 Å². The molecule has 0 saturated carbocycles. The molecular formula is C18H24N4O4S. The predicted octanol–water partition coefficient (Wildman–Crippen LogP) is 2.07. The average molecular weight is 392 g/mol. The summed E-state index contributed by atoms with van der Waals surface area (Å²) >= 11 is 0. The summed E-state index contributed by atoms with van der Waals surface area (Å²) in [6.45, 7) is 3.88. The number of rotatable bonds is 5. The van der Waals surface area contributed by atoms with Crippen LogP contribution in [-0.2, 0) is 14.8 Å². The summed E-state index contributed by atoms with van der Waals surface area (Å²) in [5, 5.41) is 9.55. The number of H-pyrrole nitrogens is 1. The fourth-order valence-corrected chi connectivity index (χ4v) is 5.26. The molecule has 3 rings (SSSR count). The molecule has 1 atom stereocenters. The highest BCUT2D eigenvalue weighted by atomic mass is 32.2. The Morgan fingerprint density at radius 2 is 2.07 bits per heavy atom. The Morgan fingerprint density at radius 1 is 1.33 bits per heavy atom. The number of nitrogens with one attached hydrogen (secondary N) is 2. The number of sulfonamides is 1. The van der Waals surface area contributed by atoms with Gasteiger partial charge < -0.3 is 10.1 Å². The molecule has 27 heavy (non-hydrogen) atoms. The van der Waals surface area contributed by atoms with E-state index >= 15 is 0 Å². The number of para-hydroxylation sites is 2. The number of carbonyl (C=O) groups excluding carboxylic acids is 1. The number of hydrogen-bond donors (Lipinski definition) is 2. The molecule has 1 aromatic carbocycles. The van der Waals surface area contributed by atoms with E-state index in [1.165, 1.54) is 11.4 Å². The topological polar surface area (TPSA) is 104 Å². The zero-order valence-corrected chi connectivity index (χ0v) is 16.5. The van der Waals surface area contributed by atoms with Gasteiger partial charge in [-0.1, -0.05) is 12.1 Å². The lowest BCUT2D eigenvalue weighted by atomic mass is 9.98. The second kappa shape index (κ2) is 7.69. The van der Waals surface area contributed by atoms with Gasteiger partial charge in [0.1, 0.15) is 10.6 Å². The van der Waals surface area contributed by atoms with Gasteiger partial charge in [0.05, 0.1) is 30.1 Å². The van der Waals surface area contributed by atoms with Gasteiger partial charge in [0.25, 0.3) is 0 Å². The quantitative estimate of drug-likeness (QED) is 0.811. The Hall–Kier alpha value is -2.39. The van der Waals surface area contributed by atoms with Crippen LogP contribution >= 0.6 is 0 Å². The zero-order chi connectivity index (χ0) is 19.6. The van der Waals surface area contributed by atoms with Crippen molar-refractivity contribution < 1.29 is 17.9 Å². The van der Waals surface area contributed by atoms with Gasteiger partial charge >= 0.3 is 0 Å². The molecule has 2 N–H and O–H groups in total. The molecule has 0 spiro atoms. The predicted molar refractivity (Wildman–Crippen MR) is 101 cm³/mol. The molecule has 0 bridgehead atoms. The van der Waals surface area contributed by atoms with Crippen molar-refractivity contribution in [2.24, 2.45) is 5.92 Å². The summed E-state index contributed by atoms with van der Waals surface area (Å²) in [6, 6.07) is 7.14. The first-order valence-corrected chi connectivity index (χ1v) is 10.2. The molecule has 1 amide bonds. The van der Waals surface area contributed by atoms with E-state index in [4.69, 9.17) is 4.74 Å². The van der Waals surface area contributed by atoms with Crippen molar-refractivity contribution in [3.63, 3.8) is 0 Å². The highest BCUT2D eigenvalue weighted by Gasteiger charge is 2.35. The van der Waals surface area contributed by atoms with E-state index in [2.05, 4.69) is 15.5 Å². The largest absolute Gasteiger partial charge is 0.495 e. The molecule has 1 saturated heterocycles. The van der Waals surface area contributed by atoms with Crippen molar-refractivity contribution in [1.82, 2.24) is 14.5 Å². The van der Waals surface area contributed by atoms with E-state index in [0.717, 1.165) is 0 Å². The number of aromatic amines is 1. The van der Waals surface area contributed by atoms with E-state index in [-0.39, 0.29) is 17.3 Å². The number of carbonyl (C=O) groups is 1. The van der Waals surface area contributed by atoms with E-state index in [0.29, 0.717) is 42.2 Å². The van der Waals surface area contributed by atoms with Gasteiger partial charge in [-0.3, -0.25) is 9.89 Å². The lowest BCUT2D eigenvalue weighted by Crippen LogP contribution is -2.44. The molecule has 1 aliphatic heterocycles. The molecule has 0 aliphatic carbocycles. The fraction of sp³-hybridized carbons (Fsp3) is 0.444. The Morgan fingerprint density at radius 3 is 2.74 bits per heavy atom. The van der Waals surface area contributed by atoms with Crippen LogP contribution in [0.15, 0.2) is 29.2 Å². The first-order chi connectivity index (χ1) is 12.8. The first kappa shape index (κ1) is 19.4. The highest BCUT2D eigenvalue weighted by molar-refractivity contribution is 7.89. The molecule has 8 nitrogen and oxygen atoms in total. The third kappa shape index (κ3) is 3.84. The first-order valence-electron chi connectivity index (χ1n) is 8.80. The minimum absolute atomic E-state index is 0.146. The molecular weight excluding hydrogens is 368 g/mol. The molecule has 146 valence electrons. The van der Waals surface area contributed by atoms with Crippen molar-refractivity contribution in [1.29, 1.82) is 0 Å². The Bertz CT molecular complexity index is 919. The lowest BCUT2D eigenvalue weighted by Gasteiger charge is -2.31. The van der Waals surface area contributed by atoms with E-state index < -0.39 is 15.9 Å². The molecule has 1 fully saturated rings. The second-order valence-electron chi connectivity index (χ2n) is 6.65. The lowest BCUT2D eigenvalue weighted by molar-refractivity contribution is -0.120. The third-order valence-corrected chi connectivity index (χ3v) is 6.91. The number of piperidine rings is 1. The van der Waals surface area contributed by atoms with Gasteiger partial charge in [-0.25, -0.2) is 8.42 Å². The number of methoxy groups -OCH3 is 1. The maximum Gasteiger partial charge on any atom is 0.246 e. The molecule has 1 aromatic heterocycles. The normalized spacial score (nSPS) is 18.3. The van der Waals surface area contributed by atoms with Crippen molar-refractivity contribution in [3.8, 4) is 5.75 Å². The van der Waals surface area contributed by atoms with Crippen molar-refractivity contribution >= 4 is 21.6 Å². The van der Waals surface area contributed by atoms with Gasteiger partial charge in [-0.15, -0.1) is 0 Å². The van der Waals surface area contributed by atoms with E-state index in [1.54, 1.807) is 32.0 Å². The van der Waals surface area contributed by atoms with Crippen molar-refractivity contribution in [3.05, 3.63) is 35.7 Å². The summed E-state index contributed by atoms with van der Waals surface area (Å²) in [7, 11) is -2.16. The summed E-state index contributed by atoms with van der Waals surface area (Å²) in [5.74, 6) is -0.0678. The van der Waals surface area contributed by atoms with Crippen LogP contribution in [0.2, 0.25) is 0 Å². The smallest absolute Gasteiger partial charge is 0.246 e. The second-order valence-corrected chi connectivity index (χ2v) is 8.53. The average Bonchev–Trinajstić information content (AvgIpc) is 3.01. The number of aryl methyl sites for hydroxylation is 2. The standard InChI is InChI=1S/C18H24N4O4S/c1-12-17(13(2)21-20-12)27(24,25)22-10-6-7-14(11-22)18(23)19-15-8-4-5-9-16(15)26-3/h4-5,8-9,14H,6-7,10-11H2,1-3H3,(H,19,23)(H,20,21). The van der Waals surface area contributed by atoms with Crippen LogP contribution < -0.4 is 10.1 Å². The van der Waals surface area contributed by atoms with E-state index in [9.17, 15) is 13.2 Å². The van der Waals surface area contributed by atoms with Crippen LogP contribution in [0.3, 0.4) is 0 Å². The van der Waals surface area contributed by atoms with Crippen molar-refractivity contribution in [2.45, 2.75) is 31.6 Å². The van der Waals surface area contributed by atoms with Crippen LogP contribution in [-0.4, -0.2) is 49.0 Å². The van der Waals surface area contributed by atoms with Gasteiger partial charge in [-0.05, 0) is 38.8 Å². The minimum Gasteiger partial charge on any atom is -0.495 e. The van der Waals surface area contributed by atoms with Gasteiger partial charge in [0.15, 0.2) is 0 Å². The van der Waals surface area contributed by atoms with Crippen LogP contribution in [0.4, 0.5) is 5.69 Å². The summed E-state index contributed by atoms with van der Waals surface area (Å²) in [4.78, 5) is 12.9. The molecule has 2 heterocycles. The van der Waals surface area contributed by atoms with Gasteiger partial charge in [-0.2, -0.15) is 9.40 Å². The molecule has 0 radical (unpaired) electrons. The maximum atomic E-state index is 13.0. The zero-order valence-electron chi connectivity index (χ0n) is 15.7. The number of aromatic nitrogens is 2. The number of amides is 1. The summed E-state index contributed by atoms with van der Waals surface area (Å²) in [5.41, 5.74) is 1.52. The minimum atomic E-state index is -3.70. The Labute approximate surface area is 159 Å². The summed E-state index contributed by atoms with van der Waals surface area (Å²) < 4.78 is 32.7. The number of ether oxygens (including phenoxy) is 1. The van der Waals surface area contributed by atoms with Gasteiger partial charge in [0.2, 0.25) is 15.9 Å². The number of hydrogen-bond acceptors (Lipinski definition) is 5. The van der Waals surface area contributed by atoms with Crippen LogP contribution in [0.25, 0.3) is 0 Å². The van der Waals surface area contributed by atoms with Crippen LogP contribution in [0.1, 0.15) is 24.2 Å². The van der Waals surface area contributed by atoms with Crippen LogP contribution in [0.5, 0.6) is 5.75 Å². The van der Waals surface area contributed by atoms with Crippen LogP contribution in [0, 0.1) is 19.8 Å². The third-order valence-electron chi connectivity index (χ3n) is 4.78. The number of benzene rings is 1. The molecule has 2 aromatic rings. The molecule has 1 unspecified atom stereocenters. The van der Waals surface area contributed by atoms with E-state index in [1.807, 2.05) is 6.07 Å². The molecule has 1 aliphatic rings. The fourth-order valence-electron chi connectivity index (χ4n) is 3.41. The Kier molecular flexibility index (Phi) is 5.52. The summed E-state index contributed by atoms with van der Waals surface area (Å²) in [6.07, 6.45) is 1.26. The number of anilines is 1. The SMILES string of the molecule is COc1ccccc1NC(=O)C1CCCN(S(=O)(=O)c2c(C)n[nH]c2C)C1. The monoisotopic (exact) mass is 392 g/mol. The van der Waals surface area contributed by atoms with Gasteiger partial charge in [0, 0.05) is 13.1 Å². The maximum absolute atomic E-state index is 13.0. The number of nitrogens with zero attached hydrogens (tertiary/aromatic N) is 2. The highest BCUT2D eigenvalue weighted by Crippen LogP contribution is 2.29. The Balaban J connectivity index is 1.77.